The van der Waals surface area contributed by atoms with Crippen LogP contribution in [0.3, 0.4) is 0 Å². The smallest absolute Gasteiger partial charge is 0.342 e. The number of carbonyl (C=O) groups excluding carboxylic acids is 1. The minimum atomic E-state index is -0.394. The first-order valence-electron chi connectivity index (χ1n) is 7.67. The van der Waals surface area contributed by atoms with Gasteiger partial charge in [0.25, 0.3) is 0 Å². The Morgan fingerprint density at radius 2 is 1.92 bits per heavy atom. The van der Waals surface area contributed by atoms with E-state index in [9.17, 15) is 4.79 Å². The second kappa shape index (κ2) is 7.09. The molecule has 0 N–H and O–H groups in total. The minimum Gasteiger partial charge on any atom is -0.488 e. The molecule has 1 aromatic heterocycles. The highest BCUT2D eigenvalue weighted by atomic mass is 79.9. The fourth-order valence-corrected chi connectivity index (χ4v) is 3.19. The Bertz CT molecular complexity index is 868. The maximum Gasteiger partial charge on any atom is 0.342 e. The number of ether oxygens (including phenoxy) is 2. The first kappa shape index (κ1) is 16.6. The number of furan rings is 1. The van der Waals surface area contributed by atoms with Crippen molar-refractivity contribution in [2.75, 3.05) is 6.61 Å². The van der Waals surface area contributed by atoms with Gasteiger partial charge in [-0.3, -0.25) is 0 Å². The Hall–Kier alpha value is -2.27. The lowest BCUT2D eigenvalue weighted by molar-refractivity contribution is 0.0526. The number of benzene rings is 2. The molecule has 0 fully saturated rings. The van der Waals surface area contributed by atoms with E-state index in [1.165, 1.54) is 0 Å². The molecule has 0 unspecified atom stereocenters. The van der Waals surface area contributed by atoms with Gasteiger partial charge in [0.05, 0.1) is 16.5 Å². The summed E-state index contributed by atoms with van der Waals surface area (Å²) >= 11 is 3.55. The van der Waals surface area contributed by atoms with Gasteiger partial charge in [-0.2, -0.15) is 0 Å². The molecule has 4 nitrogen and oxygen atoms in total. The van der Waals surface area contributed by atoms with Crippen LogP contribution in [0, 0.1) is 6.92 Å². The molecule has 0 bridgehead atoms. The minimum absolute atomic E-state index is 0.312. The number of rotatable bonds is 5. The van der Waals surface area contributed by atoms with Crippen molar-refractivity contribution >= 4 is 32.9 Å². The van der Waals surface area contributed by atoms with Crippen LogP contribution in [0.1, 0.15) is 28.6 Å². The van der Waals surface area contributed by atoms with E-state index < -0.39 is 5.97 Å². The number of hydrogen-bond acceptors (Lipinski definition) is 4. The van der Waals surface area contributed by atoms with Crippen molar-refractivity contribution in [3.63, 3.8) is 0 Å². The topological polar surface area (TPSA) is 48.7 Å². The maximum atomic E-state index is 12.2. The van der Waals surface area contributed by atoms with Crippen LogP contribution in [-0.4, -0.2) is 12.6 Å². The zero-order chi connectivity index (χ0) is 17.1. The van der Waals surface area contributed by atoms with Crippen molar-refractivity contribution in [3.05, 3.63) is 63.8 Å². The lowest BCUT2D eigenvalue weighted by Gasteiger charge is -2.09. The second-order valence-corrected chi connectivity index (χ2v) is 6.07. The molecule has 0 aliphatic rings. The highest BCUT2D eigenvalue weighted by molar-refractivity contribution is 9.10. The molecule has 0 atom stereocenters. The normalized spacial score (nSPS) is 10.8. The van der Waals surface area contributed by atoms with E-state index in [4.69, 9.17) is 13.9 Å². The molecule has 2 aromatic carbocycles. The fourth-order valence-electron chi connectivity index (χ4n) is 2.55. The number of halogens is 1. The summed E-state index contributed by atoms with van der Waals surface area (Å²) in [6.45, 7) is 4.28. The summed E-state index contributed by atoms with van der Waals surface area (Å²) < 4.78 is 17.4. The molecule has 0 aliphatic heterocycles. The van der Waals surface area contributed by atoms with Gasteiger partial charge >= 0.3 is 5.97 Å². The van der Waals surface area contributed by atoms with E-state index in [2.05, 4.69) is 15.9 Å². The molecule has 0 radical (unpaired) electrons. The largest absolute Gasteiger partial charge is 0.488 e. The number of hydrogen-bond donors (Lipinski definition) is 0. The summed E-state index contributed by atoms with van der Waals surface area (Å²) in [5.41, 5.74) is 2.12. The third kappa shape index (κ3) is 3.17. The summed E-state index contributed by atoms with van der Waals surface area (Å²) in [4.78, 5) is 12.2. The fraction of sp³-hybridized carbons (Fsp3) is 0.211. The monoisotopic (exact) mass is 388 g/mol. The molecule has 1 heterocycles. The molecule has 124 valence electrons. The highest BCUT2D eigenvalue weighted by Gasteiger charge is 2.23. The Morgan fingerprint density at radius 1 is 1.17 bits per heavy atom. The molecule has 0 saturated heterocycles. The van der Waals surface area contributed by atoms with Crippen LogP contribution < -0.4 is 4.74 Å². The number of fused-ring (bicyclic) bond motifs is 1. The highest BCUT2D eigenvalue weighted by Crippen LogP contribution is 2.38. The summed E-state index contributed by atoms with van der Waals surface area (Å²) in [7, 11) is 0. The summed E-state index contributed by atoms with van der Waals surface area (Å²) in [5.74, 6) is 0.789. The van der Waals surface area contributed by atoms with Gasteiger partial charge in [-0.05, 0) is 47.5 Å². The Morgan fingerprint density at radius 3 is 2.62 bits per heavy atom. The molecule has 0 amide bonds. The standard InChI is InChI=1S/C19H17BrO4/c1-3-22-19(21)16-12(2)24-14-9-10-15(18(20)17(14)16)23-11-13-7-5-4-6-8-13/h4-10H,3,11H2,1-2H3. The van der Waals surface area contributed by atoms with E-state index in [1.54, 1.807) is 19.9 Å². The van der Waals surface area contributed by atoms with Crippen LogP contribution in [-0.2, 0) is 11.3 Å². The molecular weight excluding hydrogens is 372 g/mol. The van der Waals surface area contributed by atoms with E-state index in [0.29, 0.717) is 45.7 Å². The number of carbonyl (C=O) groups is 1. The molecular formula is C19H17BrO4. The van der Waals surface area contributed by atoms with Gasteiger partial charge < -0.3 is 13.9 Å². The third-order valence-electron chi connectivity index (χ3n) is 3.65. The second-order valence-electron chi connectivity index (χ2n) is 5.28. The van der Waals surface area contributed by atoms with Crippen LogP contribution in [0.15, 0.2) is 51.4 Å². The van der Waals surface area contributed by atoms with E-state index in [1.807, 2.05) is 36.4 Å². The van der Waals surface area contributed by atoms with Crippen molar-refractivity contribution in [1.82, 2.24) is 0 Å². The number of aryl methyl sites for hydroxylation is 1. The average Bonchev–Trinajstić information content (AvgIpc) is 2.92. The average molecular weight is 389 g/mol. The Labute approximate surface area is 148 Å². The van der Waals surface area contributed by atoms with Gasteiger partial charge in [0, 0.05) is 0 Å². The number of esters is 1. The van der Waals surface area contributed by atoms with Crippen molar-refractivity contribution in [2.24, 2.45) is 0 Å². The third-order valence-corrected chi connectivity index (χ3v) is 4.44. The molecule has 24 heavy (non-hydrogen) atoms. The maximum absolute atomic E-state index is 12.2. The van der Waals surface area contributed by atoms with E-state index in [0.717, 1.165) is 5.56 Å². The SMILES string of the molecule is CCOC(=O)c1c(C)oc2ccc(OCc3ccccc3)c(Br)c12. The Kier molecular flexibility index (Phi) is 4.90. The van der Waals surface area contributed by atoms with Crippen LogP contribution in [0.2, 0.25) is 0 Å². The van der Waals surface area contributed by atoms with Crippen molar-refractivity contribution in [3.8, 4) is 5.75 Å². The molecule has 3 rings (SSSR count). The van der Waals surface area contributed by atoms with Gasteiger partial charge in [-0.15, -0.1) is 0 Å². The predicted octanol–water partition coefficient (Wildman–Crippen LogP) is 5.26. The van der Waals surface area contributed by atoms with Crippen molar-refractivity contribution < 1.29 is 18.7 Å². The van der Waals surface area contributed by atoms with Crippen molar-refractivity contribution in [1.29, 1.82) is 0 Å². The van der Waals surface area contributed by atoms with Gasteiger partial charge in [0.1, 0.15) is 29.3 Å². The van der Waals surface area contributed by atoms with Crippen LogP contribution in [0.5, 0.6) is 5.75 Å². The van der Waals surface area contributed by atoms with Crippen LogP contribution in [0.4, 0.5) is 0 Å². The molecule has 5 heteroatoms. The van der Waals surface area contributed by atoms with E-state index >= 15 is 0 Å². The first-order valence-corrected chi connectivity index (χ1v) is 8.46. The predicted molar refractivity (Wildman–Crippen MR) is 95.4 cm³/mol. The van der Waals surface area contributed by atoms with Gasteiger partial charge in [0.15, 0.2) is 0 Å². The molecule has 0 aliphatic carbocycles. The quantitative estimate of drug-likeness (QED) is 0.559. The summed E-state index contributed by atoms with van der Waals surface area (Å²) in [6, 6.07) is 13.5. The first-order chi connectivity index (χ1) is 11.6. The van der Waals surface area contributed by atoms with Gasteiger partial charge in [0.2, 0.25) is 0 Å². The molecule has 0 spiro atoms. The summed E-state index contributed by atoms with van der Waals surface area (Å²) in [5, 5.41) is 0.677. The Balaban J connectivity index is 1.97. The van der Waals surface area contributed by atoms with Crippen LogP contribution >= 0.6 is 15.9 Å². The molecule has 3 aromatic rings. The lowest BCUT2D eigenvalue weighted by atomic mass is 10.1. The van der Waals surface area contributed by atoms with Crippen LogP contribution in [0.25, 0.3) is 11.0 Å². The lowest BCUT2D eigenvalue weighted by Crippen LogP contribution is -2.05. The van der Waals surface area contributed by atoms with Gasteiger partial charge in [-0.1, -0.05) is 30.3 Å². The zero-order valence-electron chi connectivity index (χ0n) is 13.5. The zero-order valence-corrected chi connectivity index (χ0v) is 15.1. The van der Waals surface area contributed by atoms with E-state index in [-0.39, 0.29) is 0 Å². The summed E-state index contributed by atoms with van der Waals surface area (Å²) in [6.07, 6.45) is 0. The van der Waals surface area contributed by atoms with Crippen molar-refractivity contribution in [2.45, 2.75) is 20.5 Å². The van der Waals surface area contributed by atoms with Gasteiger partial charge in [-0.25, -0.2) is 4.79 Å². The molecule has 0 saturated carbocycles.